The Morgan fingerprint density at radius 3 is 2.73 bits per heavy atom. The zero-order chi connectivity index (χ0) is 21.3. The molecule has 1 aliphatic carbocycles. The van der Waals surface area contributed by atoms with Crippen molar-refractivity contribution in [3.63, 3.8) is 0 Å². The van der Waals surface area contributed by atoms with Crippen LogP contribution < -0.4 is 10.1 Å². The predicted octanol–water partition coefficient (Wildman–Crippen LogP) is 3.98. The number of benzene rings is 2. The number of nitrogens with zero attached hydrogens (tertiary/aromatic N) is 3. The van der Waals surface area contributed by atoms with Gasteiger partial charge < -0.3 is 15.2 Å². The number of aryl methyl sites for hydroxylation is 1. The molecule has 1 heterocycles. The molecule has 0 aliphatic heterocycles. The van der Waals surface area contributed by atoms with Crippen molar-refractivity contribution in [3.05, 3.63) is 40.9 Å². The SMILES string of the molecule is Cc1cc(Nc2nn[nH]n2)cc(Cl)c1Oc1ccc(O)c(S(=O)(=O)CC2CCC2)c1. The fourth-order valence-corrected chi connectivity index (χ4v) is 5.38. The fraction of sp³-hybridized carbons (Fsp3) is 0.316. The number of sulfone groups is 1. The number of aromatic nitrogens is 4. The van der Waals surface area contributed by atoms with E-state index in [2.05, 4.69) is 25.9 Å². The van der Waals surface area contributed by atoms with Crippen LogP contribution in [0.2, 0.25) is 5.02 Å². The lowest BCUT2D eigenvalue weighted by Crippen LogP contribution is -2.22. The largest absolute Gasteiger partial charge is 0.507 e. The van der Waals surface area contributed by atoms with E-state index in [9.17, 15) is 13.5 Å². The second-order valence-corrected chi connectivity index (χ2v) is 9.68. The molecule has 0 unspecified atom stereocenters. The van der Waals surface area contributed by atoms with Gasteiger partial charge in [-0.2, -0.15) is 5.21 Å². The second kappa shape index (κ2) is 8.11. The maximum absolute atomic E-state index is 12.7. The van der Waals surface area contributed by atoms with E-state index in [1.807, 2.05) is 0 Å². The Bertz CT molecular complexity index is 1140. The molecule has 0 bridgehead atoms. The van der Waals surface area contributed by atoms with Crippen molar-refractivity contribution in [2.24, 2.45) is 5.92 Å². The average Bonchev–Trinajstić information content (AvgIpc) is 3.15. The van der Waals surface area contributed by atoms with Gasteiger partial charge in [-0.25, -0.2) is 8.42 Å². The Morgan fingerprint density at radius 1 is 1.30 bits per heavy atom. The Hall–Kier alpha value is -2.85. The van der Waals surface area contributed by atoms with Gasteiger partial charge in [-0.05, 0) is 60.7 Å². The summed E-state index contributed by atoms with van der Waals surface area (Å²) in [5.41, 5.74) is 1.35. The molecule has 0 spiro atoms. The van der Waals surface area contributed by atoms with Crippen LogP contribution in [0.5, 0.6) is 17.2 Å². The summed E-state index contributed by atoms with van der Waals surface area (Å²) in [6.07, 6.45) is 2.84. The van der Waals surface area contributed by atoms with Crippen LogP contribution in [-0.2, 0) is 9.84 Å². The van der Waals surface area contributed by atoms with Crippen LogP contribution in [0.15, 0.2) is 35.2 Å². The highest BCUT2D eigenvalue weighted by atomic mass is 35.5. The highest BCUT2D eigenvalue weighted by Gasteiger charge is 2.28. The minimum atomic E-state index is -3.62. The molecule has 11 heteroatoms. The van der Waals surface area contributed by atoms with Crippen LogP contribution in [0.25, 0.3) is 0 Å². The lowest BCUT2D eigenvalue weighted by Gasteiger charge is -2.25. The van der Waals surface area contributed by atoms with Gasteiger partial charge in [-0.3, -0.25) is 0 Å². The monoisotopic (exact) mass is 449 g/mol. The number of aromatic amines is 1. The number of anilines is 2. The normalized spacial score (nSPS) is 14.3. The molecule has 158 valence electrons. The molecule has 3 N–H and O–H groups in total. The first-order valence-corrected chi connectivity index (χ1v) is 11.4. The maximum Gasteiger partial charge on any atom is 0.267 e. The number of nitrogens with one attached hydrogen (secondary N) is 2. The summed E-state index contributed by atoms with van der Waals surface area (Å²) >= 11 is 6.38. The number of halogens is 1. The molecular weight excluding hydrogens is 430 g/mol. The van der Waals surface area contributed by atoms with E-state index < -0.39 is 9.84 Å². The zero-order valence-electron chi connectivity index (χ0n) is 16.1. The molecule has 0 radical (unpaired) electrons. The predicted molar refractivity (Wildman–Crippen MR) is 111 cm³/mol. The molecule has 4 rings (SSSR count). The number of hydrogen-bond acceptors (Lipinski definition) is 8. The number of phenolic OH excluding ortho intramolecular Hbond substituents is 1. The number of rotatable bonds is 7. The fourth-order valence-electron chi connectivity index (χ4n) is 3.26. The summed E-state index contributed by atoms with van der Waals surface area (Å²) in [6.45, 7) is 1.80. The number of aromatic hydroxyl groups is 1. The molecule has 1 fully saturated rings. The minimum absolute atomic E-state index is 0.0280. The summed E-state index contributed by atoms with van der Waals surface area (Å²) in [7, 11) is -3.62. The Balaban J connectivity index is 1.58. The van der Waals surface area contributed by atoms with Gasteiger partial charge in [-0.15, -0.1) is 5.10 Å². The van der Waals surface area contributed by atoms with E-state index in [0.29, 0.717) is 28.0 Å². The highest BCUT2D eigenvalue weighted by molar-refractivity contribution is 7.91. The molecular formula is C19H20ClN5O4S. The second-order valence-electron chi connectivity index (χ2n) is 7.27. The number of tetrazole rings is 1. The first-order chi connectivity index (χ1) is 14.3. The molecule has 1 aromatic heterocycles. The molecule has 2 aromatic carbocycles. The van der Waals surface area contributed by atoms with Gasteiger partial charge in [-0.1, -0.05) is 23.1 Å². The molecule has 0 amide bonds. The van der Waals surface area contributed by atoms with Crippen molar-refractivity contribution in [2.45, 2.75) is 31.1 Å². The minimum Gasteiger partial charge on any atom is -0.507 e. The van der Waals surface area contributed by atoms with Crippen LogP contribution in [0.3, 0.4) is 0 Å². The van der Waals surface area contributed by atoms with Crippen molar-refractivity contribution >= 4 is 33.1 Å². The molecule has 30 heavy (non-hydrogen) atoms. The maximum atomic E-state index is 12.7. The van der Waals surface area contributed by atoms with Crippen LogP contribution in [0.1, 0.15) is 24.8 Å². The first-order valence-electron chi connectivity index (χ1n) is 9.36. The van der Waals surface area contributed by atoms with Gasteiger partial charge >= 0.3 is 0 Å². The standard InChI is InChI=1S/C19H20ClN5O4S/c1-11-7-13(21-19-22-24-25-23-19)8-15(20)18(11)29-14-5-6-16(26)17(9-14)30(27,28)10-12-3-2-4-12/h5-9,12,26H,2-4,10H2,1H3,(H2,21,22,23,24,25). The summed E-state index contributed by atoms with van der Waals surface area (Å²) in [4.78, 5) is -0.129. The van der Waals surface area contributed by atoms with Crippen LogP contribution >= 0.6 is 11.6 Å². The Morgan fingerprint density at radius 2 is 2.10 bits per heavy atom. The van der Waals surface area contributed by atoms with Crippen LogP contribution in [-0.4, -0.2) is 39.9 Å². The van der Waals surface area contributed by atoms with Gasteiger partial charge in [0, 0.05) is 11.8 Å². The number of H-pyrrole nitrogens is 1. The van der Waals surface area contributed by atoms with Crippen molar-refractivity contribution in [3.8, 4) is 17.2 Å². The van der Waals surface area contributed by atoms with Gasteiger partial charge in [0.1, 0.15) is 22.1 Å². The van der Waals surface area contributed by atoms with Gasteiger partial charge in [0.05, 0.1) is 10.8 Å². The number of hydrogen-bond donors (Lipinski definition) is 3. The third kappa shape index (κ3) is 4.34. The third-order valence-electron chi connectivity index (χ3n) is 5.00. The van der Waals surface area contributed by atoms with Gasteiger partial charge in [0.25, 0.3) is 5.95 Å². The molecule has 0 atom stereocenters. The van der Waals surface area contributed by atoms with E-state index in [1.165, 1.54) is 18.2 Å². The quantitative estimate of drug-likeness (QED) is 0.493. The molecule has 1 saturated carbocycles. The molecule has 0 saturated heterocycles. The summed E-state index contributed by atoms with van der Waals surface area (Å²) in [5, 5.41) is 26.8. The number of phenols is 1. The average molecular weight is 450 g/mol. The Labute approximate surface area is 178 Å². The van der Waals surface area contributed by atoms with E-state index >= 15 is 0 Å². The molecule has 3 aromatic rings. The lowest BCUT2D eigenvalue weighted by atomic mass is 9.87. The topological polar surface area (TPSA) is 130 Å². The number of ether oxygens (including phenoxy) is 1. The van der Waals surface area contributed by atoms with Crippen molar-refractivity contribution in [2.75, 3.05) is 11.1 Å². The first kappa shape index (κ1) is 20.4. The van der Waals surface area contributed by atoms with Crippen molar-refractivity contribution in [1.82, 2.24) is 20.6 Å². The Kier molecular flexibility index (Phi) is 5.52. The van der Waals surface area contributed by atoms with Gasteiger partial charge in [0.2, 0.25) is 0 Å². The summed E-state index contributed by atoms with van der Waals surface area (Å²) in [6, 6.07) is 7.57. The van der Waals surface area contributed by atoms with E-state index in [1.54, 1.807) is 19.1 Å². The van der Waals surface area contributed by atoms with Crippen LogP contribution in [0, 0.1) is 12.8 Å². The highest BCUT2D eigenvalue weighted by Crippen LogP contribution is 2.38. The molecule has 1 aliphatic rings. The molecule has 9 nitrogen and oxygen atoms in total. The lowest BCUT2D eigenvalue weighted by molar-refractivity contribution is 0.346. The van der Waals surface area contributed by atoms with Crippen molar-refractivity contribution < 1.29 is 18.3 Å². The van der Waals surface area contributed by atoms with Crippen molar-refractivity contribution in [1.29, 1.82) is 0 Å². The zero-order valence-corrected chi connectivity index (χ0v) is 17.7. The smallest absolute Gasteiger partial charge is 0.267 e. The van der Waals surface area contributed by atoms with Crippen LogP contribution in [0.4, 0.5) is 11.6 Å². The van der Waals surface area contributed by atoms with Gasteiger partial charge in [0.15, 0.2) is 9.84 Å². The van der Waals surface area contributed by atoms with E-state index in [-0.39, 0.29) is 28.1 Å². The third-order valence-corrected chi connectivity index (χ3v) is 7.19. The van der Waals surface area contributed by atoms with E-state index in [4.69, 9.17) is 16.3 Å². The van der Waals surface area contributed by atoms with E-state index in [0.717, 1.165) is 19.3 Å². The summed E-state index contributed by atoms with van der Waals surface area (Å²) < 4.78 is 31.3. The summed E-state index contributed by atoms with van der Waals surface area (Å²) in [5.74, 6) is 0.825.